The van der Waals surface area contributed by atoms with Crippen LogP contribution in [-0.4, -0.2) is 24.5 Å². The Bertz CT molecular complexity index is 698. The lowest BCUT2D eigenvalue weighted by molar-refractivity contribution is -0.689. The van der Waals surface area contributed by atoms with Crippen LogP contribution in [0.3, 0.4) is 0 Å². The van der Waals surface area contributed by atoms with E-state index < -0.39 is 0 Å². The lowest BCUT2D eigenvalue weighted by atomic mass is 10.2. The van der Waals surface area contributed by atoms with E-state index in [1.807, 2.05) is 29.8 Å². The number of ether oxygens (including phenoxy) is 1. The van der Waals surface area contributed by atoms with Gasteiger partial charge in [-0.05, 0) is 42.1 Å². The maximum Gasteiger partial charge on any atom is 0.292 e. The van der Waals surface area contributed by atoms with Crippen molar-refractivity contribution in [3.63, 3.8) is 0 Å². The van der Waals surface area contributed by atoms with Crippen LogP contribution in [0.5, 0.6) is 5.75 Å². The molecule has 1 aliphatic heterocycles. The lowest BCUT2D eigenvalue weighted by Crippen LogP contribution is -2.90. The highest BCUT2D eigenvalue weighted by atomic mass is 32.1. The van der Waals surface area contributed by atoms with Crippen LogP contribution in [0.25, 0.3) is 0 Å². The normalized spacial score (nSPS) is 17.5. The van der Waals surface area contributed by atoms with Gasteiger partial charge in [0.15, 0.2) is 6.04 Å². The van der Waals surface area contributed by atoms with Crippen molar-refractivity contribution >= 4 is 28.8 Å². The number of amides is 2. The second-order valence-electron chi connectivity index (χ2n) is 5.74. The molecular weight excluding hydrogens is 324 g/mol. The molecule has 2 N–H and O–H groups in total. The first-order chi connectivity index (χ1) is 11.7. The van der Waals surface area contributed by atoms with Gasteiger partial charge in [-0.25, -0.2) is 4.90 Å². The van der Waals surface area contributed by atoms with Crippen molar-refractivity contribution in [2.45, 2.75) is 32.4 Å². The van der Waals surface area contributed by atoms with Crippen LogP contribution < -0.4 is 15.0 Å². The van der Waals surface area contributed by atoms with Gasteiger partial charge in [0.1, 0.15) is 12.3 Å². The summed E-state index contributed by atoms with van der Waals surface area (Å²) in [7, 11) is 0. The minimum absolute atomic E-state index is 0.140. The number of nitrogens with zero attached hydrogens (tertiary/aromatic N) is 1. The molecule has 1 fully saturated rings. The molecule has 0 saturated carbocycles. The predicted molar refractivity (Wildman–Crippen MR) is 93.1 cm³/mol. The van der Waals surface area contributed by atoms with Crippen LogP contribution in [0.4, 0.5) is 5.69 Å². The molecule has 1 aromatic heterocycles. The fourth-order valence-corrected chi connectivity index (χ4v) is 3.39. The molecule has 126 valence electrons. The van der Waals surface area contributed by atoms with E-state index in [1.165, 1.54) is 9.78 Å². The van der Waals surface area contributed by atoms with E-state index in [9.17, 15) is 9.59 Å². The molecule has 0 radical (unpaired) electrons. The fraction of sp³-hybridized carbons (Fsp3) is 0.333. The van der Waals surface area contributed by atoms with Crippen LogP contribution in [0.1, 0.15) is 24.6 Å². The highest BCUT2D eigenvalue weighted by Crippen LogP contribution is 2.24. The van der Waals surface area contributed by atoms with Gasteiger partial charge in [-0.15, -0.1) is 11.3 Å². The second-order valence-corrected chi connectivity index (χ2v) is 6.77. The molecule has 24 heavy (non-hydrogen) atoms. The summed E-state index contributed by atoms with van der Waals surface area (Å²) in [6.45, 7) is 3.42. The number of thiophene rings is 1. The number of benzene rings is 1. The second kappa shape index (κ2) is 7.59. The van der Waals surface area contributed by atoms with Crippen LogP contribution in [-0.2, 0) is 16.1 Å². The zero-order valence-electron chi connectivity index (χ0n) is 13.6. The van der Waals surface area contributed by atoms with Crippen molar-refractivity contribution in [3.8, 4) is 5.75 Å². The van der Waals surface area contributed by atoms with Gasteiger partial charge in [0.05, 0.1) is 23.6 Å². The summed E-state index contributed by atoms with van der Waals surface area (Å²) >= 11 is 1.66. The summed E-state index contributed by atoms with van der Waals surface area (Å²) in [5.41, 5.74) is 0.612. The van der Waals surface area contributed by atoms with Gasteiger partial charge < -0.3 is 10.1 Å². The third-order valence-electron chi connectivity index (χ3n) is 3.93. The molecule has 2 amide bonds. The number of anilines is 1. The average molecular weight is 345 g/mol. The van der Waals surface area contributed by atoms with Crippen LogP contribution in [0.15, 0.2) is 41.8 Å². The maximum atomic E-state index is 12.6. The van der Waals surface area contributed by atoms with E-state index in [4.69, 9.17) is 4.74 Å². The molecule has 1 saturated heterocycles. The van der Waals surface area contributed by atoms with E-state index in [-0.39, 0.29) is 24.3 Å². The fourth-order valence-electron chi connectivity index (χ4n) is 2.71. The van der Waals surface area contributed by atoms with Gasteiger partial charge in [0.25, 0.3) is 5.91 Å². The summed E-state index contributed by atoms with van der Waals surface area (Å²) in [5.74, 6) is 0.467. The Balaban J connectivity index is 1.65. The van der Waals surface area contributed by atoms with Crippen molar-refractivity contribution in [2.75, 3.05) is 11.5 Å². The van der Waals surface area contributed by atoms with Gasteiger partial charge in [0.2, 0.25) is 5.91 Å². The lowest BCUT2D eigenvalue weighted by Gasteiger charge is -2.15. The standard InChI is InChI=1S/C18H20N2O3S/c1-2-9-23-14-7-5-13(6-8-14)20-17(21)11-16(18(20)22)19-12-15-4-3-10-24-15/h3-8,10,16,19H,2,9,11-12H2,1H3/p+1/t16-/m0/s1. The Morgan fingerprint density at radius 2 is 2.04 bits per heavy atom. The maximum absolute atomic E-state index is 12.6. The van der Waals surface area contributed by atoms with Crippen molar-refractivity contribution in [2.24, 2.45) is 0 Å². The van der Waals surface area contributed by atoms with Crippen molar-refractivity contribution < 1.29 is 19.6 Å². The Morgan fingerprint density at radius 3 is 2.71 bits per heavy atom. The SMILES string of the molecule is CCCOc1ccc(N2C(=O)C[C@H]([NH2+]Cc3cccs3)C2=O)cc1. The quantitative estimate of drug-likeness (QED) is 0.780. The molecule has 1 aliphatic rings. The number of imide groups is 1. The Labute approximate surface area is 145 Å². The first-order valence-corrected chi connectivity index (χ1v) is 9.02. The van der Waals surface area contributed by atoms with Gasteiger partial charge in [-0.2, -0.15) is 0 Å². The minimum Gasteiger partial charge on any atom is -0.494 e. The summed E-state index contributed by atoms with van der Waals surface area (Å²) in [6.07, 6.45) is 1.19. The number of hydrogen-bond acceptors (Lipinski definition) is 4. The monoisotopic (exact) mass is 345 g/mol. The van der Waals surface area contributed by atoms with Crippen LogP contribution >= 0.6 is 11.3 Å². The highest BCUT2D eigenvalue weighted by molar-refractivity contribution is 7.09. The van der Waals surface area contributed by atoms with E-state index in [2.05, 4.69) is 0 Å². The number of rotatable bonds is 7. The van der Waals surface area contributed by atoms with Crippen molar-refractivity contribution in [1.29, 1.82) is 0 Å². The molecule has 2 aromatic rings. The molecule has 0 spiro atoms. The molecule has 1 aromatic carbocycles. The largest absolute Gasteiger partial charge is 0.494 e. The zero-order valence-corrected chi connectivity index (χ0v) is 14.4. The third-order valence-corrected chi connectivity index (χ3v) is 4.83. The number of nitrogens with two attached hydrogens (primary N) is 1. The molecule has 0 aliphatic carbocycles. The number of carbonyl (C=O) groups is 2. The van der Waals surface area contributed by atoms with E-state index in [1.54, 1.807) is 35.6 Å². The van der Waals surface area contributed by atoms with E-state index in [0.29, 0.717) is 12.3 Å². The highest BCUT2D eigenvalue weighted by Gasteiger charge is 2.42. The number of quaternary nitrogens is 1. The third kappa shape index (κ3) is 3.66. The zero-order chi connectivity index (χ0) is 16.9. The minimum atomic E-state index is -0.337. The molecule has 1 atom stereocenters. The molecular formula is C18H21N2O3S+. The van der Waals surface area contributed by atoms with Crippen LogP contribution in [0, 0.1) is 0 Å². The summed E-state index contributed by atoms with van der Waals surface area (Å²) in [5, 5.41) is 3.96. The summed E-state index contributed by atoms with van der Waals surface area (Å²) in [6, 6.07) is 10.8. The van der Waals surface area contributed by atoms with Gasteiger partial charge >= 0.3 is 0 Å². The molecule has 6 heteroatoms. The van der Waals surface area contributed by atoms with Gasteiger partial charge in [0, 0.05) is 0 Å². The Morgan fingerprint density at radius 1 is 1.25 bits per heavy atom. The van der Waals surface area contributed by atoms with E-state index in [0.717, 1.165) is 18.7 Å². The van der Waals surface area contributed by atoms with E-state index >= 15 is 0 Å². The number of hydrogen-bond donors (Lipinski definition) is 1. The molecule has 0 bridgehead atoms. The van der Waals surface area contributed by atoms with Gasteiger partial charge in [-0.3, -0.25) is 9.59 Å². The molecule has 3 rings (SSSR count). The Kier molecular flexibility index (Phi) is 5.27. The summed E-state index contributed by atoms with van der Waals surface area (Å²) in [4.78, 5) is 27.3. The van der Waals surface area contributed by atoms with Crippen molar-refractivity contribution in [3.05, 3.63) is 46.7 Å². The topological polar surface area (TPSA) is 63.2 Å². The number of carbonyl (C=O) groups excluding carboxylic acids is 2. The average Bonchev–Trinajstić information content (AvgIpc) is 3.20. The smallest absolute Gasteiger partial charge is 0.292 e. The summed E-state index contributed by atoms with van der Waals surface area (Å²) < 4.78 is 5.53. The van der Waals surface area contributed by atoms with Gasteiger partial charge in [-0.1, -0.05) is 13.0 Å². The first-order valence-electron chi connectivity index (χ1n) is 8.14. The molecule has 5 nitrogen and oxygen atoms in total. The Hall–Kier alpha value is -2.18. The van der Waals surface area contributed by atoms with Crippen LogP contribution in [0.2, 0.25) is 0 Å². The predicted octanol–water partition coefficient (Wildman–Crippen LogP) is 1.93. The molecule has 2 heterocycles. The van der Waals surface area contributed by atoms with Crippen molar-refractivity contribution in [1.82, 2.24) is 0 Å². The molecule has 0 unspecified atom stereocenters. The first kappa shape index (κ1) is 16.7.